The third kappa shape index (κ3) is 3.03. The minimum absolute atomic E-state index is 0.0385. The maximum atomic E-state index is 11.2. The summed E-state index contributed by atoms with van der Waals surface area (Å²) in [5, 5.41) is 4.88. The molecule has 0 aromatic carbocycles. The summed E-state index contributed by atoms with van der Waals surface area (Å²) in [6.45, 7) is 3.81. The zero-order valence-electron chi connectivity index (χ0n) is 7.78. The Morgan fingerprint density at radius 3 is 3.00 bits per heavy atom. The Kier molecular flexibility index (Phi) is 3.71. The molecule has 0 radical (unpaired) electrons. The van der Waals surface area contributed by atoms with Crippen LogP contribution in [0.25, 0.3) is 0 Å². The minimum Gasteiger partial charge on any atom is -0.345 e. The highest BCUT2D eigenvalue weighted by Gasteiger charge is 2.06. The van der Waals surface area contributed by atoms with Gasteiger partial charge in [0.15, 0.2) is 0 Å². The average molecular weight is 195 g/mol. The number of allylic oxidation sites excluding steroid dienone is 1. The Morgan fingerprint density at radius 1 is 1.69 bits per heavy atom. The second-order valence-electron chi connectivity index (χ2n) is 2.75. The molecule has 0 fully saturated rings. The zero-order valence-corrected chi connectivity index (χ0v) is 8.60. The largest absolute Gasteiger partial charge is 0.345 e. The molecule has 1 rings (SSSR count). The molecule has 1 unspecified atom stereocenters. The molecule has 0 saturated heterocycles. The fourth-order valence-electron chi connectivity index (χ4n) is 1.02. The standard InChI is InChI=1S/C10H13NOS/c1-3-5-10(12)11-8(2)9-6-4-7-13-9/h3-8H,1-2H3,(H,11,12)/b5-3+. The van der Waals surface area contributed by atoms with Crippen molar-refractivity contribution in [2.75, 3.05) is 0 Å². The number of thiophene rings is 1. The normalized spacial score (nSPS) is 13.1. The van der Waals surface area contributed by atoms with E-state index in [2.05, 4.69) is 5.32 Å². The van der Waals surface area contributed by atoms with Crippen molar-refractivity contribution in [3.63, 3.8) is 0 Å². The Balaban J connectivity index is 2.51. The summed E-state index contributed by atoms with van der Waals surface area (Å²) in [6.07, 6.45) is 3.26. The molecular formula is C10H13NOS. The molecule has 0 bridgehead atoms. The number of amides is 1. The second-order valence-corrected chi connectivity index (χ2v) is 3.72. The SMILES string of the molecule is C/C=C/C(=O)NC(C)c1cccs1. The third-order valence-electron chi connectivity index (χ3n) is 1.65. The van der Waals surface area contributed by atoms with E-state index in [1.165, 1.54) is 11.0 Å². The number of hydrogen-bond donors (Lipinski definition) is 1. The number of hydrogen-bond acceptors (Lipinski definition) is 2. The highest BCUT2D eigenvalue weighted by Crippen LogP contribution is 2.17. The molecule has 1 amide bonds. The fraction of sp³-hybridized carbons (Fsp3) is 0.300. The van der Waals surface area contributed by atoms with Crippen LogP contribution in [0.15, 0.2) is 29.7 Å². The minimum atomic E-state index is -0.0385. The van der Waals surface area contributed by atoms with Gasteiger partial charge in [-0.05, 0) is 31.4 Å². The van der Waals surface area contributed by atoms with Gasteiger partial charge < -0.3 is 5.32 Å². The van der Waals surface area contributed by atoms with Crippen LogP contribution in [0, 0.1) is 0 Å². The summed E-state index contributed by atoms with van der Waals surface area (Å²) in [4.78, 5) is 12.3. The molecule has 1 aromatic heterocycles. The van der Waals surface area contributed by atoms with Gasteiger partial charge in [0.1, 0.15) is 0 Å². The summed E-state index contributed by atoms with van der Waals surface area (Å²) >= 11 is 1.65. The zero-order chi connectivity index (χ0) is 9.68. The lowest BCUT2D eigenvalue weighted by Gasteiger charge is -2.09. The van der Waals surface area contributed by atoms with Crippen molar-refractivity contribution in [3.05, 3.63) is 34.5 Å². The summed E-state index contributed by atoms with van der Waals surface area (Å²) in [5.41, 5.74) is 0. The number of carbonyl (C=O) groups is 1. The number of carbonyl (C=O) groups excluding carboxylic acids is 1. The Morgan fingerprint density at radius 2 is 2.46 bits per heavy atom. The van der Waals surface area contributed by atoms with Crippen molar-refractivity contribution in [1.29, 1.82) is 0 Å². The van der Waals surface area contributed by atoms with Gasteiger partial charge in [0.25, 0.3) is 0 Å². The van der Waals surface area contributed by atoms with Crippen LogP contribution < -0.4 is 5.32 Å². The quantitative estimate of drug-likeness (QED) is 0.738. The molecule has 1 aromatic rings. The summed E-state index contributed by atoms with van der Waals surface area (Å²) in [6, 6.07) is 4.10. The van der Waals surface area contributed by atoms with Crippen molar-refractivity contribution in [1.82, 2.24) is 5.32 Å². The Bertz CT molecular complexity index is 290. The maximum Gasteiger partial charge on any atom is 0.244 e. The molecule has 1 N–H and O–H groups in total. The maximum absolute atomic E-state index is 11.2. The molecule has 70 valence electrons. The van der Waals surface area contributed by atoms with Gasteiger partial charge in [-0.25, -0.2) is 0 Å². The molecule has 1 atom stereocenters. The van der Waals surface area contributed by atoms with Crippen molar-refractivity contribution in [2.45, 2.75) is 19.9 Å². The van der Waals surface area contributed by atoms with Crippen LogP contribution in [0.2, 0.25) is 0 Å². The molecular weight excluding hydrogens is 182 g/mol. The van der Waals surface area contributed by atoms with E-state index in [9.17, 15) is 4.79 Å². The van der Waals surface area contributed by atoms with Crippen LogP contribution in [0.1, 0.15) is 24.8 Å². The van der Waals surface area contributed by atoms with Gasteiger partial charge in [0.2, 0.25) is 5.91 Å². The predicted octanol–water partition coefficient (Wildman–Crippen LogP) is 2.50. The number of rotatable bonds is 3. The molecule has 0 saturated carbocycles. The first-order valence-electron chi connectivity index (χ1n) is 4.20. The van der Waals surface area contributed by atoms with Crippen LogP contribution >= 0.6 is 11.3 Å². The predicted molar refractivity (Wildman–Crippen MR) is 55.7 cm³/mol. The van der Waals surface area contributed by atoms with Crippen LogP contribution in [-0.2, 0) is 4.79 Å². The van der Waals surface area contributed by atoms with Gasteiger partial charge >= 0.3 is 0 Å². The van der Waals surface area contributed by atoms with E-state index in [1.807, 2.05) is 31.4 Å². The van der Waals surface area contributed by atoms with E-state index < -0.39 is 0 Å². The molecule has 3 heteroatoms. The van der Waals surface area contributed by atoms with E-state index in [1.54, 1.807) is 17.4 Å². The lowest BCUT2D eigenvalue weighted by molar-refractivity contribution is -0.117. The second kappa shape index (κ2) is 4.82. The summed E-state index contributed by atoms with van der Waals surface area (Å²) in [7, 11) is 0. The van der Waals surface area contributed by atoms with Crippen molar-refractivity contribution in [2.24, 2.45) is 0 Å². The first-order valence-corrected chi connectivity index (χ1v) is 5.08. The molecule has 0 aliphatic rings. The van der Waals surface area contributed by atoms with E-state index in [0.717, 1.165) is 0 Å². The van der Waals surface area contributed by atoms with Gasteiger partial charge in [-0.2, -0.15) is 0 Å². The highest BCUT2D eigenvalue weighted by molar-refractivity contribution is 7.10. The van der Waals surface area contributed by atoms with Crippen LogP contribution in [0.5, 0.6) is 0 Å². The van der Waals surface area contributed by atoms with Crippen molar-refractivity contribution in [3.8, 4) is 0 Å². The van der Waals surface area contributed by atoms with Gasteiger partial charge in [0.05, 0.1) is 6.04 Å². The van der Waals surface area contributed by atoms with Gasteiger partial charge in [-0.1, -0.05) is 12.1 Å². The van der Waals surface area contributed by atoms with Gasteiger partial charge in [0, 0.05) is 4.88 Å². The smallest absolute Gasteiger partial charge is 0.244 e. The van der Waals surface area contributed by atoms with Crippen molar-refractivity contribution < 1.29 is 4.79 Å². The van der Waals surface area contributed by atoms with Gasteiger partial charge in [-0.15, -0.1) is 11.3 Å². The van der Waals surface area contributed by atoms with E-state index in [0.29, 0.717) is 0 Å². The summed E-state index contributed by atoms with van der Waals surface area (Å²) < 4.78 is 0. The molecule has 2 nitrogen and oxygen atoms in total. The third-order valence-corrected chi connectivity index (χ3v) is 2.70. The topological polar surface area (TPSA) is 29.1 Å². The molecule has 0 aliphatic carbocycles. The summed E-state index contributed by atoms with van der Waals surface area (Å²) in [5.74, 6) is -0.0385. The number of nitrogens with one attached hydrogen (secondary N) is 1. The fourth-order valence-corrected chi connectivity index (χ4v) is 1.76. The van der Waals surface area contributed by atoms with Crippen LogP contribution in [0.4, 0.5) is 0 Å². The highest BCUT2D eigenvalue weighted by atomic mass is 32.1. The molecule has 1 heterocycles. The average Bonchev–Trinajstić information content (AvgIpc) is 2.55. The first-order chi connectivity index (χ1) is 6.24. The van der Waals surface area contributed by atoms with E-state index >= 15 is 0 Å². The molecule has 0 aliphatic heterocycles. The van der Waals surface area contributed by atoms with Crippen LogP contribution in [0.3, 0.4) is 0 Å². The Labute approximate surface area is 82.3 Å². The molecule has 13 heavy (non-hydrogen) atoms. The van der Waals surface area contributed by atoms with Crippen LogP contribution in [-0.4, -0.2) is 5.91 Å². The van der Waals surface area contributed by atoms with E-state index in [4.69, 9.17) is 0 Å². The van der Waals surface area contributed by atoms with Crippen molar-refractivity contribution >= 4 is 17.2 Å². The lowest BCUT2D eigenvalue weighted by Crippen LogP contribution is -2.23. The van der Waals surface area contributed by atoms with Gasteiger partial charge in [-0.3, -0.25) is 4.79 Å². The lowest BCUT2D eigenvalue weighted by atomic mass is 10.3. The molecule has 0 spiro atoms. The monoisotopic (exact) mass is 195 g/mol. The Hall–Kier alpha value is -1.09. The first kappa shape index (κ1) is 9.99. The van der Waals surface area contributed by atoms with E-state index in [-0.39, 0.29) is 11.9 Å².